The summed E-state index contributed by atoms with van der Waals surface area (Å²) in [6.07, 6.45) is -2.49. The first-order valence-corrected chi connectivity index (χ1v) is 10.2. The van der Waals surface area contributed by atoms with Crippen LogP contribution in [0.4, 0.5) is 19.0 Å². The molecule has 0 fully saturated rings. The third-order valence-electron chi connectivity index (χ3n) is 4.30. The van der Waals surface area contributed by atoms with E-state index in [2.05, 4.69) is 25.7 Å². The van der Waals surface area contributed by atoms with E-state index in [1.165, 1.54) is 41.9 Å². The minimum atomic E-state index is -4.80. The number of hydrogen-bond donors (Lipinski definition) is 2. The minimum Gasteiger partial charge on any atom is -0.368 e. The largest absolute Gasteiger partial charge is 0.434 e. The number of anilines is 1. The fraction of sp³-hybridized carbons (Fsp3) is 0.158. The van der Waals surface area contributed by atoms with Crippen LogP contribution in [-0.4, -0.2) is 38.7 Å². The van der Waals surface area contributed by atoms with Crippen molar-refractivity contribution in [2.24, 2.45) is 0 Å². The number of carbonyl (C=O) groups excluding carboxylic acids is 1. The lowest BCUT2D eigenvalue weighted by Gasteiger charge is -2.13. The molecule has 7 nitrogen and oxygen atoms in total. The van der Waals surface area contributed by atoms with Crippen LogP contribution in [0.3, 0.4) is 0 Å². The maximum atomic E-state index is 13.7. The Morgan fingerprint density at radius 1 is 1.19 bits per heavy atom. The average molecular weight is 467 g/mol. The second kappa shape index (κ2) is 8.52. The Hall–Kier alpha value is -3.18. The number of fused-ring (bicyclic) bond motifs is 1. The number of aromatic nitrogens is 4. The van der Waals surface area contributed by atoms with Crippen LogP contribution in [0.5, 0.6) is 0 Å². The van der Waals surface area contributed by atoms with Gasteiger partial charge in [-0.05, 0) is 29.6 Å². The number of hydrogen-bond acceptors (Lipinski definition) is 6. The van der Waals surface area contributed by atoms with Crippen LogP contribution >= 0.6 is 22.9 Å². The van der Waals surface area contributed by atoms with Gasteiger partial charge in [-0.1, -0.05) is 17.7 Å². The normalized spacial score (nSPS) is 11.6. The number of carbonyl (C=O) groups is 1. The van der Waals surface area contributed by atoms with Crippen molar-refractivity contribution in [3.8, 4) is 5.69 Å². The quantitative estimate of drug-likeness (QED) is 0.412. The summed E-state index contributed by atoms with van der Waals surface area (Å²) < 4.78 is 41.8. The molecule has 2 N–H and O–H groups in total. The van der Waals surface area contributed by atoms with Crippen LogP contribution in [-0.2, 0) is 6.18 Å². The topological polar surface area (TPSA) is 84.7 Å². The number of nitrogens with zero attached hydrogens (tertiary/aromatic N) is 4. The summed E-state index contributed by atoms with van der Waals surface area (Å²) in [6.45, 7) is 0.339. The Morgan fingerprint density at radius 2 is 2.03 bits per heavy atom. The standard InChI is InChI=1S/C19H14ClF3N6OS/c20-11-2-1-3-12(8-11)29-15(19(21,22)23)14(9-28-29)17(30)25-6-5-24-16-13-4-7-31-18(13)27-10-26-16/h1-4,7-10H,5-6H2,(H,25,30)(H,24,26,27). The van der Waals surface area contributed by atoms with Crippen LogP contribution in [0.25, 0.3) is 15.9 Å². The van der Waals surface area contributed by atoms with Crippen molar-refractivity contribution >= 4 is 44.9 Å². The van der Waals surface area contributed by atoms with Gasteiger partial charge in [-0.3, -0.25) is 4.79 Å². The molecule has 0 radical (unpaired) electrons. The summed E-state index contributed by atoms with van der Waals surface area (Å²) in [5.74, 6) is -0.295. The van der Waals surface area contributed by atoms with Crippen molar-refractivity contribution in [1.29, 1.82) is 0 Å². The van der Waals surface area contributed by atoms with Crippen molar-refractivity contribution in [2.75, 3.05) is 18.4 Å². The van der Waals surface area contributed by atoms with E-state index in [1.54, 1.807) is 0 Å². The van der Waals surface area contributed by atoms with Gasteiger partial charge in [0.15, 0.2) is 5.69 Å². The molecular formula is C19H14ClF3N6OS. The molecule has 1 amide bonds. The van der Waals surface area contributed by atoms with E-state index in [0.29, 0.717) is 10.5 Å². The number of benzene rings is 1. The molecule has 0 spiro atoms. The molecule has 0 saturated carbocycles. The molecule has 0 bridgehead atoms. The highest BCUT2D eigenvalue weighted by Gasteiger charge is 2.40. The highest BCUT2D eigenvalue weighted by Crippen LogP contribution is 2.34. The molecule has 0 aliphatic carbocycles. The summed E-state index contributed by atoms with van der Waals surface area (Å²) >= 11 is 7.34. The molecular weight excluding hydrogens is 453 g/mol. The first kappa shape index (κ1) is 21.1. The maximum absolute atomic E-state index is 13.7. The zero-order valence-corrected chi connectivity index (χ0v) is 17.2. The molecule has 160 valence electrons. The van der Waals surface area contributed by atoms with Gasteiger partial charge in [0.25, 0.3) is 5.91 Å². The second-order valence-electron chi connectivity index (χ2n) is 6.34. The Morgan fingerprint density at radius 3 is 2.81 bits per heavy atom. The van der Waals surface area contributed by atoms with Crippen LogP contribution < -0.4 is 10.6 Å². The van der Waals surface area contributed by atoms with Crippen LogP contribution in [0.1, 0.15) is 16.1 Å². The van der Waals surface area contributed by atoms with E-state index in [-0.39, 0.29) is 23.8 Å². The smallest absolute Gasteiger partial charge is 0.368 e. The van der Waals surface area contributed by atoms with Gasteiger partial charge in [0.2, 0.25) is 0 Å². The number of nitrogens with one attached hydrogen (secondary N) is 2. The van der Waals surface area contributed by atoms with Crippen molar-refractivity contribution in [1.82, 2.24) is 25.1 Å². The zero-order chi connectivity index (χ0) is 22.0. The average Bonchev–Trinajstić information content (AvgIpc) is 3.38. The summed E-state index contributed by atoms with van der Waals surface area (Å²) in [6, 6.07) is 7.65. The maximum Gasteiger partial charge on any atom is 0.434 e. The van der Waals surface area contributed by atoms with E-state index in [1.807, 2.05) is 11.4 Å². The molecule has 4 rings (SSSR count). The molecule has 1 aromatic carbocycles. The number of rotatable bonds is 6. The molecule has 0 aliphatic heterocycles. The van der Waals surface area contributed by atoms with Crippen LogP contribution in [0, 0.1) is 0 Å². The summed E-state index contributed by atoms with van der Waals surface area (Å²) in [5.41, 5.74) is -1.64. The number of amides is 1. The van der Waals surface area contributed by atoms with Crippen molar-refractivity contribution < 1.29 is 18.0 Å². The fourth-order valence-electron chi connectivity index (χ4n) is 2.97. The number of thiophene rings is 1. The Balaban J connectivity index is 1.47. The van der Waals surface area contributed by atoms with Gasteiger partial charge < -0.3 is 10.6 Å². The van der Waals surface area contributed by atoms with E-state index < -0.39 is 23.3 Å². The second-order valence-corrected chi connectivity index (χ2v) is 7.67. The van der Waals surface area contributed by atoms with Crippen LogP contribution in [0.15, 0.2) is 48.2 Å². The lowest BCUT2D eigenvalue weighted by atomic mass is 10.2. The molecule has 31 heavy (non-hydrogen) atoms. The highest BCUT2D eigenvalue weighted by molar-refractivity contribution is 7.16. The molecule has 0 saturated heterocycles. The van der Waals surface area contributed by atoms with Gasteiger partial charge >= 0.3 is 6.18 Å². The van der Waals surface area contributed by atoms with Gasteiger partial charge in [0.05, 0.1) is 22.8 Å². The summed E-state index contributed by atoms with van der Waals surface area (Å²) in [5, 5.41) is 12.3. The van der Waals surface area contributed by atoms with Crippen LogP contribution in [0.2, 0.25) is 5.02 Å². The highest BCUT2D eigenvalue weighted by atomic mass is 35.5. The molecule has 3 aromatic heterocycles. The Bertz CT molecular complexity index is 1240. The third-order valence-corrected chi connectivity index (χ3v) is 5.36. The Labute approximate surface area is 182 Å². The molecule has 0 aliphatic rings. The van der Waals surface area contributed by atoms with Crippen molar-refractivity contribution in [3.63, 3.8) is 0 Å². The van der Waals surface area contributed by atoms with Gasteiger partial charge in [-0.15, -0.1) is 11.3 Å². The van der Waals surface area contributed by atoms with Gasteiger partial charge in [-0.25, -0.2) is 14.6 Å². The number of halogens is 4. The monoisotopic (exact) mass is 466 g/mol. The minimum absolute atomic E-state index is 0.0775. The molecule has 3 heterocycles. The molecule has 4 aromatic rings. The lowest BCUT2D eigenvalue weighted by molar-refractivity contribution is -0.143. The Kier molecular flexibility index (Phi) is 5.79. The molecule has 0 unspecified atom stereocenters. The first-order valence-electron chi connectivity index (χ1n) is 8.96. The van der Waals surface area contributed by atoms with Gasteiger partial charge in [0, 0.05) is 18.1 Å². The number of alkyl halides is 3. The molecule has 12 heteroatoms. The fourth-order valence-corrected chi connectivity index (χ4v) is 3.89. The SMILES string of the molecule is O=C(NCCNc1ncnc2sccc12)c1cnn(-c2cccc(Cl)c2)c1C(F)(F)F. The first-order chi connectivity index (χ1) is 14.8. The van der Waals surface area contributed by atoms with Crippen molar-refractivity contribution in [2.45, 2.75) is 6.18 Å². The predicted molar refractivity (Wildman–Crippen MR) is 112 cm³/mol. The van der Waals surface area contributed by atoms with E-state index in [4.69, 9.17) is 11.6 Å². The van der Waals surface area contributed by atoms with E-state index in [0.717, 1.165) is 16.4 Å². The predicted octanol–water partition coefficient (Wildman–Crippen LogP) is 4.39. The zero-order valence-electron chi connectivity index (χ0n) is 15.7. The van der Waals surface area contributed by atoms with Gasteiger partial charge in [-0.2, -0.15) is 18.3 Å². The van der Waals surface area contributed by atoms with E-state index >= 15 is 0 Å². The van der Waals surface area contributed by atoms with E-state index in [9.17, 15) is 18.0 Å². The lowest BCUT2D eigenvalue weighted by Crippen LogP contribution is -2.30. The summed E-state index contributed by atoms with van der Waals surface area (Å²) in [4.78, 5) is 21.6. The summed E-state index contributed by atoms with van der Waals surface area (Å²) in [7, 11) is 0. The van der Waals surface area contributed by atoms with Crippen molar-refractivity contribution in [3.05, 3.63) is 64.5 Å². The van der Waals surface area contributed by atoms with Gasteiger partial charge in [0.1, 0.15) is 17.0 Å². The molecule has 0 atom stereocenters. The third kappa shape index (κ3) is 4.47.